The summed E-state index contributed by atoms with van der Waals surface area (Å²) in [5.41, 5.74) is -3.36. The predicted molar refractivity (Wildman–Crippen MR) is 48.1 cm³/mol. The lowest BCUT2D eigenvalue weighted by atomic mass is 10.0. The maximum atomic E-state index is 13.5. The van der Waals surface area contributed by atoms with Crippen LogP contribution in [0.3, 0.4) is 0 Å². The molecular formula is C10H6F4O3. The smallest absolute Gasteiger partial charge is 0.417 e. The van der Waals surface area contributed by atoms with E-state index in [4.69, 9.17) is 0 Å². The van der Waals surface area contributed by atoms with Crippen molar-refractivity contribution in [2.45, 2.75) is 6.18 Å². The van der Waals surface area contributed by atoms with Gasteiger partial charge in [0.25, 0.3) is 0 Å². The van der Waals surface area contributed by atoms with Gasteiger partial charge in [0, 0.05) is 0 Å². The van der Waals surface area contributed by atoms with Crippen molar-refractivity contribution in [2.75, 3.05) is 7.11 Å². The van der Waals surface area contributed by atoms with Gasteiger partial charge >= 0.3 is 12.1 Å². The van der Waals surface area contributed by atoms with E-state index in [1.54, 1.807) is 0 Å². The van der Waals surface area contributed by atoms with Gasteiger partial charge in [-0.1, -0.05) is 0 Å². The summed E-state index contributed by atoms with van der Waals surface area (Å²) < 4.78 is 54.8. The molecule has 1 rings (SSSR count). The van der Waals surface area contributed by atoms with E-state index < -0.39 is 34.7 Å². The van der Waals surface area contributed by atoms with Crippen molar-refractivity contribution >= 4 is 12.3 Å². The van der Waals surface area contributed by atoms with Gasteiger partial charge in [-0.15, -0.1) is 0 Å². The van der Waals surface area contributed by atoms with E-state index in [-0.39, 0.29) is 6.29 Å². The molecule has 0 saturated carbocycles. The summed E-state index contributed by atoms with van der Waals surface area (Å²) in [7, 11) is 0.944. The fourth-order valence-corrected chi connectivity index (χ4v) is 1.22. The SMILES string of the molecule is COC(=O)c1ccc(C(F)(F)F)c(C=O)c1F. The quantitative estimate of drug-likeness (QED) is 0.460. The van der Waals surface area contributed by atoms with Crippen molar-refractivity contribution in [1.82, 2.24) is 0 Å². The number of methoxy groups -OCH3 is 1. The van der Waals surface area contributed by atoms with Crippen molar-refractivity contribution in [3.05, 3.63) is 34.6 Å². The Morgan fingerprint density at radius 3 is 2.35 bits per heavy atom. The Bertz CT molecular complexity index is 465. The normalized spacial score (nSPS) is 11.1. The fraction of sp³-hybridized carbons (Fsp3) is 0.200. The van der Waals surface area contributed by atoms with Crippen molar-refractivity contribution in [3.63, 3.8) is 0 Å². The molecule has 7 heteroatoms. The van der Waals surface area contributed by atoms with Crippen molar-refractivity contribution < 1.29 is 31.9 Å². The van der Waals surface area contributed by atoms with E-state index in [2.05, 4.69) is 4.74 Å². The second kappa shape index (κ2) is 4.52. The van der Waals surface area contributed by atoms with Crippen molar-refractivity contribution in [3.8, 4) is 0 Å². The molecule has 0 atom stereocenters. The molecule has 92 valence electrons. The lowest BCUT2D eigenvalue weighted by molar-refractivity contribution is -0.138. The zero-order valence-electron chi connectivity index (χ0n) is 8.47. The van der Waals surface area contributed by atoms with Crippen LogP contribution in [-0.4, -0.2) is 19.4 Å². The Balaban J connectivity index is 3.48. The van der Waals surface area contributed by atoms with Gasteiger partial charge in [-0.25, -0.2) is 9.18 Å². The number of halogens is 4. The Hall–Kier alpha value is -1.92. The highest BCUT2D eigenvalue weighted by atomic mass is 19.4. The van der Waals surface area contributed by atoms with Crippen LogP contribution in [0.2, 0.25) is 0 Å². The Labute approximate surface area is 93.0 Å². The molecule has 0 radical (unpaired) electrons. The number of aldehydes is 1. The zero-order chi connectivity index (χ0) is 13.2. The van der Waals surface area contributed by atoms with Crippen molar-refractivity contribution in [2.24, 2.45) is 0 Å². The van der Waals surface area contributed by atoms with Gasteiger partial charge in [0.2, 0.25) is 0 Å². The lowest BCUT2D eigenvalue weighted by Gasteiger charge is -2.11. The fourth-order valence-electron chi connectivity index (χ4n) is 1.22. The molecule has 0 unspecified atom stereocenters. The minimum absolute atomic E-state index is 0.287. The third-order valence-electron chi connectivity index (χ3n) is 2.01. The van der Waals surface area contributed by atoms with Crippen molar-refractivity contribution in [1.29, 1.82) is 0 Å². The molecular weight excluding hydrogens is 244 g/mol. The van der Waals surface area contributed by atoms with Crippen LogP contribution in [0.15, 0.2) is 12.1 Å². The average molecular weight is 250 g/mol. The number of benzene rings is 1. The average Bonchev–Trinajstić information content (AvgIpc) is 2.26. The van der Waals surface area contributed by atoms with Gasteiger partial charge in [0.1, 0.15) is 5.82 Å². The van der Waals surface area contributed by atoms with E-state index in [0.29, 0.717) is 12.1 Å². The standard InChI is InChI=1S/C10H6F4O3/c1-17-9(16)5-2-3-7(10(12,13)14)6(4-15)8(5)11/h2-4H,1H3. The second-order valence-corrected chi connectivity index (χ2v) is 3.00. The summed E-state index contributed by atoms with van der Waals surface area (Å²) >= 11 is 0. The number of carbonyl (C=O) groups excluding carboxylic acids is 2. The van der Waals surface area contributed by atoms with Gasteiger partial charge in [-0.3, -0.25) is 4.79 Å². The largest absolute Gasteiger partial charge is 0.465 e. The molecule has 3 nitrogen and oxygen atoms in total. The molecule has 0 aliphatic carbocycles. The van der Waals surface area contributed by atoms with Crippen LogP contribution in [0, 0.1) is 5.82 Å². The number of rotatable bonds is 2. The van der Waals surface area contributed by atoms with E-state index >= 15 is 0 Å². The third kappa shape index (κ3) is 2.43. The van der Waals surface area contributed by atoms with Gasteiger partial charge in [-0.05, 0) is 12.1 Å². The molecule has 1 aromatic carbocycles. The molecule has 0 N–H and O–H groups in total. The van der Waals surface area contributed by atoms with Crippen LogP contribution in [-0.2, 0) is 10.9 Å². The molecule has 0 amide bonds. The summed E-state index contributed by atoms with van der Waals surface area (Å²) in [5.74, 6) is -2.69. The summed E-state index contributed by atoms with van der Waals surface area (Å²) in [5, 5.41) is 0. The monoisotopic (exact) mass is 250 g/mol. The van der Waals surface area contributed by atoms with E-state index in [1.807, 2.05) is 0 Å². The molecule has 0 aliphatic heterocycles. The first-order chi connectivity index (χ1) is 7.82. The molecule has 0 aromatic heterocycles. The van der Waals surface area contributed by atoms with Crippen LogP contribution in [0.25, 0.3) is 0 Å². The summed E-state index contributed by atoms with van der Waals surface area (Å²) in [6.45, 7) is 0. The molecule has 0 fully saturated rings. The van der Waals surface area contributed by atoms with Crippen LogP contribution < -0.4 is 0 Å². The van der Waals surface area contributed by atoms with E-state index in [1.165, 1.54) is 0 Å². The first kappa shape index (κ1) is 13.1. The van der Waals surface area contributed by atoms with Crippen LogP contribution in [0.1, 0.15) is 26.3 Å². The maximum absolute atomic E-state index is 13.5. The lowest BCUT2D eigenvalue weighted by Crippen LogP contribution is -2.14. The summed E-state index contributed by atoms with van der Waals surface area (Å²) in [4.78, 5) is 21.5. The summed E-state index contributed by atoms with van der Waals surface area (Å²) in [6, 6.07) is 1.08. The molecule has 1 aromatic rings. The zero-order valence-corrected chi connectivity index (χ0v) is 8.47. The number of hydrogen-bond donors (Lipinski definition) is 0. The molecule has 0 aliphatic rings. The van der Waals surface area contributed by atoms with Gasteiger partial charge in [0.05, 0.1) is 23.8 Å². The third-order valence-corrected chi connectivity index (χ3v) is 2.01. The minimum Gasteiger partial charge on any atom is -0.465 e. The summed E-state index contributed by atoms with van der Waals surface area (Å²) in [6.07, 6.45) is -5.16. The van der Waals surface area contributed by atoms with Crippen LogP contribution >= 0.6 is 0 Å². The van der Waals surface area contributed by atoms with Gasteiger partial charge in [-0.2, -0.15) is 13.2 Å². The molecule has 0 bridgehead atoms. The second-order valence-electron chi connectivity index (χ2n) is 3.00. The topological polar surface area (TPSA) is 43.4 Å². The first-order valence-electron chi connectivity index (χ1n) is 4.26. The number of carbonyl (C=O) groups is 2. The van der Waals surface area contributed by atoms with Gasteiger partial charge < -0.3 is 4.74 Å². The molecule has 17 heavy (non-hydrogen) atoms. The van der Waals surface area contributed by atoms with Crippen LogP contribution in [0.4, 0.5) is 17.6 Å². The number of hydrogen-bond acceptors (Lipinski definition) is 3. The van der Waals surface area contributed by atoms with Crippen LogP contribution in [0.5, 0.6) is 0 Å². The number of esters is 1. The van der Waals surface area contributed by atoms with E-state index in [0.717, 1.165) is 7.11 Å². The number of ether oxygens (including phenoxy) is 1. The maximum Gasteiger partial charge on any atom is 0.417 e. The Kier molecular flexibility index (Phi) is 3.50. The Morgan fingerprint density at radius 1 is 1.35 bits per heavy atom. The first-order valence-corrected chi connectivity index (χ1v) is 4.26. The van der Waals surface area contributed by atoms with Gasteiger partial charge in [0.15, 0.2) is 6.29 Å². The predicted octanol–water partition coefficient (Wildman–Crippen LogP) is 2.44. The minimum atomic E-state index is -4.87. The highest BCUT2D eigenvalue weighted by Gasteiger charge is 2.36. The van der Waals surface area contributed by atoms with E-state index in [9.17, 15) is 27.2 Å². The molecule has 0 spiro atoms. The highest BCUT2D eigenvalue weighted by molar-refractivity contribution is 5.92. The molecule has 0 saturated heterocycles. The highest BCUT2D eigenvalue weighted by Crippen LogP contribution is 2.33. The Morgan fingerprint density at radius 2 is 1.94 bits per heavy atom. The molecule has 0 heterocycles. The number of alkyl halides is 3.